The zero-order chi connectivity index (χ0) is 21.0. The largest absolute Gasteiger partial charge is 0.453 e. The number of alkyl carbamates (subject to hydrolysis) is 1. The van der Waals surface area contributed by atoms with E-state index in [4.69, 9.17) is 4.74 Å². The summed E-state index contributed by atoms with van der Waals surface area (Å²) in [7, 11) is 1.10. The zero-order valence-corrected chi connectivity index (χ0v) is 15.6. The van der Waals surface area contributed by atoms with Gasteiger partial charge in [-0.2, -0.15) is 9.78 Å². The fraction of sp³-hybridized carbons (Fsp3) is 0.150. The second-order valence-electron chi connectivity index (χ2n) is 5.98. The molecule has 9 heteroatoms. The molecule has 0 spiro atoms. The van der Waals surface area contributed by atoms with Crippen LogP contribution in [0.3, 0.4) is 0 Å². The highest BCUT2D eigenvalue weighted by atomic mass is 16.6. The number of hydrogen-bond acceptors (Lipinski definition) is 7. The van der Waals surface area contributed by atoms with Crippen LogP contribution in [0.2, 0.25) is 0 Å². The lowest BCUT2D eigenvalue weighted by Crippen LogP contribution is -2.39. The number of carbonyl (C=O) groups excluding carboxylic acids is 3. The second-order valence-corrected chi connectivity index (χ2v) is 5.98. The number of carbonyl (C=O) groups is 3. The molecule has 1 N–H and O–H groups in total. The van der Waals surface area contributed by atoms with Crippen LogP contribution in [-0.2, 0) is 14.3 Å². The number of hydrogen-bond donors (Lipinski definition) is 1. The summed E-state index contributed by atoms with van der Waals surface area (Å²) in [5.41, 5.74) is -0.0737. The Morgan fingerprint density at radius 2 is 1.62 bits per heavy atom. The maximum atomic E-state index is 12.8. The molecule has 2 amide bonds. The lowest BCUT2D eigenvalue weighted by atomic mass is 10.1. The number of fused-ring (bicyclic) bond motifs is 1. The number of methoxy groups -OCH3 is 1. The summed E-state index contributed by atoms with van der Waals surface area (Å²) in [5.74, 6) is -1.77. The van der Waals surface area contributed by atoms with Gasteiger partial charge in [-0.05, 0) is 25.1 Å². The lowest BCUT2D eigenvalue weighted by molar-refractivity contribution is -0.128. The van der Waals surface area contributed by atoms with E-state index in [1.54, 1.807) is 54.6 Å². The Balaban J connectivity index is 2.01. The molecule has 2 aromatic carbocycles. The third kappa shape index (κ3) is 4.13. The smallest absolute Gasteiger partial charge is 0.413 e. The Hall–Kier alpha value is -4.01. The predicted octanol–water partition coefficient (Wildman–Crippen LogP) is 1.81. The SMILES string of the molecule is COC(=O)NC(=O)[C@@H](C)OC(=O)c1nn(-c2ccccc2)c(=O)c2ccccc12. The Labute approximate surface area is 164 Å². The van der Waals surface area contributed by atoms with Gasteiger partial charge in [0.25, 0.3) is 11.5 Å². The lowest BCUT2D eigenvalue weighted by Gasteiger charge is -2.14. The van der Waals surface area contributed by atoms with Gasteiger partial charge in [0.2, 0.25) is 0 Å². The van der Waals surface area contributed by atoms with Crippen LogP contribution in [0.5, 0.6) is 0 Å². The van der Waals surface area contributed by atoms with Gasteiger partial charge in [0.15, 0.2) is 11.8 Å². The van der Waals surface area contributed by atoms with Crippen molar-refractivity contribution in [3.63, 3.8) is 0 Å². The van der Waals surface area contributed by atoms with E-state index in [1.807, 2.05) is 5.32 Å². The predicted molar refractivity (Wildman–Crippen MR) is 103 cm³/mol. The fourth-order valence-electron chi connectivity index (χ4n) is 2.61. The van der Waals surface area contributed by atoms with Crippen molar-refractivity contribution in [3.05, 3.63) is 70.6 Å². The monoisotopic (exact) mass is 395 g/mol. The maximum Gasteiger partial charge on any atom is 0.413 e. The highest BCUT2D eigenvalue weighted by Gasteiger charge is 2.24. The topological polar surface area (TPSA) is 117 Å². The minimum atomic E-state index is -1.29. The quantitative estimate of drug-likeness (QED) is 0.670. The number of aromatic nitrogens is 2. The van der Waals surface area contributed by atoms with E-state index in [2.05, 4.69) is 9.84 Å². The number of amides is 2. The molecule has 0 aliphatic rings. The van der Waals surface area contributed by atoms with Crippen molar-refractivity contribution in [2.24, 2.45) is 0 Å². The van der Waals surface area contributed by atoms with E-state index in [1.165, 1.54) is 6.92 Å². The van der Waals surface area contributed by atoms with Crippen LogP contribution in [0.1, 0.15) is 17.4 Å². The number of nitrogens with one attached hydrogen (secondary N) is 1. The molecule has 0 unspecified atom stereocenters. The van der Waals surface area contributed by atoms with Crippen molar-refractivity contribution in [1.29, 1.82) is 0 Å². The molecule has 3 aromatic rings. The molecule has 9 nitrogen and oxygen atoms in total. The standard InChI is InChI=1S/C20H17N3O6/c1-12(17(24)21-20(27)28-2)29-19(26)16-14-10-6-7-11-15(14)18(25)23(22-16)13-8-4-3-5-9-13/h3-12H,1-2H3,(H,21,24,27)/t12-/m1/s1. The van der Waals surface area contributed by atoms with Crippen LogP contribution in [0.25, 0.3) is 16.5 Å². The first-order valence-electron chi connectivity index (χ1n) is 8.59. The highest BCUT2D eigenvalue weighted by Crippen LogP contribution is 2.16. The van der Waals surface area contributed by atoms with E-state index in [-0.39, 0.29) is 16.5 Å². The van der Waals surface area contributed by atoms with Crippen LogP contribution < -0.4 is 10.9 Å². The number of benzene rings is 2. The minimum Gasteiger partial charge on any atom is -0.453 e. The summed E-state index contributed by atoms with van der Waals surface area (Å²) < 4.78 is 10.6. The van der Waals surface area contributed by atoms with Gasteiger partial charge in [0.1, 0.15) is 0 Å². The number of nitrogens with zero attached hydrogens (tertiary/aromatic N) is 2. The van der Waals surface area contributed by atoms with Crippen molar-refractivity contribution < 1.29 is 23.9 Å². The molecule has 0 saturated carbocycles. The number of rotatable bonds is 4. The Morgan fingerprint density at radius 1 is 1.00 bits per heavy atom. The highest BCUT2D eigenvalue weighted by molar-refractivity contribution is 6.03. The third-order valence-electron chi connectivity index (χ3n) is 4.06. The van der Waals surface area contributed by atoms with E-state index >= 15 is 0 Å². The number of imide groups is 1. The molecule has 148 valence electrons. The molecular weight excluding hydrogens is 378 g/mol. The van der Waals surface area contributed by atoms with Gasteiger partial charge in [-0.3, -0.25) is 14.9 Å². The normalized spacial score (nSPS) is 11.5. The summed E-state index contributed by atoms with van der Waals surface area (Å²) >= 11 is 0. The molecule has 3 rings (SSSR count). The summed E-state index contributed by atoms with van der Waals surface area (Å²) in [6.07, 6.45) is -2.27. The van der Waals surface area contributed by atoms with Gasteiger partial charge in [-0.25, -0.2) is 9.59 Å². The molecule has 0 bridgehead atoms. The van der Waals surface area contributed by atoms with Crippen molar-refractivity contribution in [2.45, 2.75) is 13.0 Å². The number of para-hydroxylation sites is 1. The van der Waals surface area contributed by atoms with Gasteiger partial charge in [0.05, 0.1) is 18.2 Å². The Morgan fingerprint density at radius 3 is 2.28 bits per heavy atom. The van der Waals surface area contributed by atoms with Gasteiger partial charge in [0, 0.05) is 5.39 Å². The molecule has 0 aliphatic heterocycles. The first-order chi connectivity index (χ1) is 13.9. The van der Waals surface area contributed by atoms with Gasteiger partial charge in [-0.15, -0.1) is 0 Å². The fourth-order valence-corrected chi connectivity index (χ4v) is 2.61. The van der Waals surface area contributed by atoms with Gasteiger partial charge >= 0.3 is 12.1 Å². The molecule has 1 atom stereocenters. The maximum absolute atomic E-state index is 12.8. The average molecular weight is 395 g/mol. The van der Waals surface area contributed by atoms with Crippen LogP contribution in [-0.4, -0.2) is 41.0 Å². The van der Waals surface area contributed by atoms with Crippen LogP contribution >= 0.6 is 0 Å². The average Bonchev–Trinajstić information content (AvgIpc) is 2.74. The number of esters is 1. The molecule has 0 saturated heterocycles. The van der Waals surface area contributed by atoms with Gasteiger partial charge in [-0.1, -0.05) is 36.4 Å². The first-order valence-corrected chi connectivity index (χ1v) is 8.59. The number of ether oxygens (including phenoxy) is 2. The summed E-state index contributed by atoms with van der Waals surface area (Å²) in [6, 6.07) is 15.0. The van der Waals surface area contributed by atoms with Crippen molar-refractivity contribution in [1.82, 2.24) is 15.1 Å². The minimum absolute atomic E-state index is 0.137. The molecular formula is C20H17N3O6. The molecule has 0 fully saturated rings. The van der Waals surface area contributed by atoms with E-state index in [0.717, 1.165) is 11.8 Å². The molecule has 0 aliphatic carbocycles. The molecule has 29 heavy (non-hydrogen) atoms. The molecule has 0 radical (unpaired) electrons. The Kier molecular flexibility index (Phi) is 5.68. The second kappa shape index (κ2) is 8.34. The van der Waals surface area contributed by atoms with Crippen molar-refractivity contribution in [2.75, 3.05) is 7.11 Å². The first kappa shape index (κ1) is 19.7. The van der Waals surface area contributed by atoms with Gasteiger partial charge < -0.3 is 9.47 Å². The molecule has 1 aromatic heterocycles. The molecule has 1 heterocycles. The van der Waals surface area contributed by atoms with Crippen LogP contribution in [0.4, 0.5) is 4.79 Å². The summed E-state index contributed by atoms with van der Waals surface area (Å²) in [6.45, 7) is 1.30. The van der Waals surface area contributed by atoms with E-state index in [9.17, 15) is 19.2 Å². The van der Waals surface area contributed by atoms with E-state index in [0.29, 0.717) is 5.69 Å². The zero-order valence-electron chi connectivity index (χ0n) is 15.6. The Bertz CT molecular complexity index is 1140. The summed E-state index contributed by atoms with van der Waals surface area (Å²) in [4.78, 5) is 48.6. The van der Waals surface area contributed by atoms with Crippen LogP contribution in [0.15, 0.2) is 59.4 Å². The van der Waals surface area contributed by atoms with E-state index < -0.39 is 29.6 Å². The van der Waals surface area contributed by atoms with Crippen molar-refractivity contribution in [3.8, 4) is 5.69 Å². The van der Waals surface area contributed by atoms with Crippen LogP contribution in [0, 0.1) is 0 Å². The van der Waals surface area contributed by atoms with Crippen molar-refractivity contribution >= 4 is 28.7 Å². The summed E-state index contributed by atoms with van der Waals surface area (Å²) in [5, 5.41) is 6.64. The third-order valence-corrected chi connectivity index (χ3v) is 4.06.